The lowest BCUT2D eigenvalue weighted by Crippen LogP contribution is -2.46. The van der Waals surface area contributed by atoms with Gasteiger partial charge in [0.25, 0.3) is 0 Å². The molecule has 1 amide bonds. The molecule has 0 spiro atoms. The number of carbonyl (C=O) groups excluding carboxylic acids is 1. The summed E-state index contributed by atoms with van der Waals surface area (Å²) in [6.07, 6.45) is 0.595. The Balaban J connectivity index is 1.16. The molecule has 168 valence electrons. The van der Waals surface area contributed by atoms with E-state index in [1.54, 1.807) is 12.1 Å². The first kappa shape index (κ1) is 20.7. The number of nitrogens with one attached hydrogen (secondary N) is 1. The van der Waals surface area contributed by atoms with Crippen molar-refractivity contribution < 1.29 is 27.3 Å². The zero-order valence-electron chi connectivity index (χ0n) is 17.1. The molecule has 1 aromatic heterocycles. The van der Waals surface area contributed by atoms with Crippen molar-refractivity contribution in [2.24, 2.45) is 5.92 Å². The number of rotatable bonds is 5. The minimum absolute atomic E-state index is 0.0638. The summed E-state index contributed by atoms with van der Waals surface area (Å²) >= 11 is 0. The zero-order chi connectivity index (χ0) is 22.1. The summed E-state index contributed by atoms with van der Waals surface area (Å²) in [6, 6.07) is 12.1. The van der Waals surface area contributed by atoms with Crippen molar-refractivity contribution in [1.29, 1.82) is 0 Å². The highest BCUT2D eigenvalue weighted by atomic mass is 32.2. The molecular weight excluding hydrogens is 436 g/mol. The molecule has 1 N–H and O–H groups in total. The quantitative estimate of drug-likeness (QED) is 0.611. The Morgan fingerprint density at radius 2 is 1.84 bits per heavy atom. The number of carbonyl (C=O) groups is 1. The number of aromatic nitrogens is 2. The molecule has 2 aromatic carbocycles. The fourth-order valence-corrected chi connectivity index (χ4v) is 5.62. The highest BCUT2D eigenvalue weighted by molar-refractivity contribution is 7.89. The maximum absolute atomic E-state index is 13.1. The smallest absolute Gasteiger partial charge is 0.245 e. The van der Waals surface area contributed by atoms with Crippen molar-refractivity contribution in [2.75, 3.05) is 26.2 Å². The maximum atomic E-state index is 13.1. The molecule has 1 fully saturated rings. The summed E-state index contributed by atoms with van der Waals surface area (Å²) in [5.74, 6) is 0.990. The largest absolute Gasteiger partial charge is 0.486 e. The summed E-state index contributed by atoms with van der Waals surface area (Å²) in [5, 5.41) is 10.3. The minimum Gasteiger partial charge on any atom is -0.486 e. The van der Waals surface area contributed by atoms with Crippen LogP contribution in [0.15, 0.2) is 52.0 Å². The van der Waals surface area contributed by atoms with Crippen molar-refractivity contribution >= 4 is 27.0 Å². The number of sulfonamides is 1. The molecule has 2 aliphatic heterocycles. The monoisotopic (exact) mass is 458 g/mol. The van der Waals surface area contributed by atoms with Gasteiger partial charge in [-0.15, -0.1) is 0 Å². The van der Waals surface area contributed by atoms with E-state index in [9.17, 15) is 13.2 Å². The van der Waals surface area contributed by atoms with Crippen molar-refractivity contribution in [2.45, 2.75) is 23.8 Å². The average molecular weight is 458 g/mol. The molecule has 0 radical (unpaired) electrons. The predicted molar refractivity (Wildman–Crippen MR) is 113 cm³/mol. The third kappa shape index (κ3) is 3.89. The van der Waals surface area contributed by atoms with E-state index in [-0.39, 0.29) is 41.4 Å². The number of benzene rings is 2. The van der Waals surface area contributed by atoms with E-state index in [4.69, 9.17) is 9.47 Å². The van der Waals surface area contributed by atoms with Crippen molar-refractivity contribution in [3.8, 4) is 11.5 Å². The molecule has 0 unspecified atom stereocenters. The lowest BCUT2D eigenvalue weighted by atomic mass is 9.97. The summed E-state index contributed by atoms with van der Waals surface area (Å²) in [7, 11) is -3.76. The average Bonchev–Trinajstić information content (AvgIpc) is 3.31. The first-order chi connectivity index (χ1) is 15.5. The van der Waals surface area contributed by atoms with Crippen LogP contribution in [-0.2, 0) is 14.8 Å². The summed E-state index contributed by atoms with van der Waals surface area (Å²) in [5.41, 5.74) is 0.598. The summed E-state index contributed by atoms with van der Waals surface area (Å²) in [4.78, 5) is 12.7. The lowest BCUT2D eigenvalue weighted by Gasteiger charge is -2.31. The van der Waals surface area contributed by atoms with E-state index >= 15 is 0 Å². The van der Waals surface area contributed by atoms with Gasteiger partial charge in [0, 0.05) is 19.0 Å². The molecule has 2 aliphatic rings. The predicted octanol–water partition coefficient (Wildman–Crippen LogP) is 1.58. The van der Waals surface area contributed by atoms with Crippen LogP contribution in [0.5, 0.6) is 11.5 Å². The molecule has 0 bridgehead atoms. The lowest BCUT2D eigenvalue weighted by molar-refractivity contribution is -0.126. The highest BCUT2D eigenvalue weighted by Crippen LogP contribution is 2.31. The van der Waals surface area contributed by atoms with Crippen LogP contribution < -0.4 is 14.8 Å². The van der Waals surface area contributed by atoms with Crippen LogP contribution in [0.4, 0.5) is 0 Å². The molecule has 1 saturated heterocycles. The first-order valence-corrected chi connectivity index (χ1v) is 11.8. The number of para-hydroxylation sites is 2. The molecule has 10 nitrogen and oxygen atoms in total. The number of ether oxygens (including phenoxy) is 2. The normalized spacial score (nSPS) is 19.7. The molecule has 5 rings (SSSR count). The Kier molecular flexibility index (Phi) is 5.43. The van der Waals surface area contributed by atoms with E-state index in [2.05, 4.69) is 20.3 Å². The van der Waals surface area contributed by atoms with E-state index < -0.39 is 10.0 Å². The minimum atomic E-state index is -3.76. The van der Waals surface area contributed by atoms with Crippen LogP contribution in [-0.4, -0.2) is 61.3 Å². The number of fused-ring (bicyclic) bond motifs is 2. The molecule has 3 heterocycles. The molecular formula is C21H22N4O6S. The molecule has 0 saturated carbocycles. The van der Waals surface area contributed by atoms with Gasteiger partial charge in [-0.1, -0.05) is 18.2 Å². The fourth-order valence-electron chi connectivity index (χ4n) is 4.01. The standard InChI is InChI=1S/C21H22N4O6S/c26-21(22-12-15-13-29-17-5-1-2-6-18(17)30-15)14-8-10-25(11-9-14)32(27,28)19-7-3-4-16-20(19)24-31-23-16/h1-7,14-15H,8-13H2,(H,22,26)/t15-/m1/s1. The van der Waals surface area contributed by atoms with Gasteiger partial charge in [0.15, 0.2) is 17.0 Å². The van der Waals surface area contributed by atoms with Crippen molar-refractivity contribution in [1.82, 2.24) is 19.9 Å². The molecule has 0 aliphatic carbocycles. The Morgan fingerprint density at radius 1 is 1.06 bits per heavy atom. The van der Waals surface area contributed by atoms with Crippen LogP contribution in [0.1, 0.15) is 12.8 Å². The molecule has 1 atom stereocenters. The van der Waals surface area contributed by atoms with E-state index in [0.29, 0.717) is 43.0 Å². The molecule has 32 heavy (non-hydrogen) atoms. The Bertz CT molecular complexity index is 1240. The molecule has 3 aromatic rings. The van der Waals surface area contributed by atoms with Gasteiger partial charge in [0.1, 0.15) is 23.1 Å². The number of nitrogens with zero attached hydrogens (tertiary/aromatic N) is 3. The van der Waals surface area contributed by atoms with Crippen molar-refractivity contribution in [3.63, 3.8) is 0 Å². The van der Waals surface area contributed by atoms with Crippen LogP contribution >= 0.6 is 0 Å². The van der Waals surface area contributed by atoms with Gasteiger partial charge in [-0.05, 0) is 47.4 Å². The third-order valence-electron chi connectivity index (χ3n) is 5.76. The summed E-state index contributed by atoms with van der Waals surface area (Å²) in [6.45, 7) is 1.18. The molecule has 11 heteroatoms. The number of amides is 1. The first-order valence-electron chi connectivity index (χ1n) is 10.4. The Hall–Kier alpha value is -3.18. The third-order valence-corrected chi connectivity index (χ3v) is 7.69. The Labute approximate surface area is 184 Å². The van der Waals surface area contributed by atoms with Gasteiger partial charge < -0.3 is 14.8 Å². The van der Waals surface area contributed by atoms with Crippen LogP contribution in [0.25, 0.3) is 11.0 Å². The van der Waals surface area contributed by atoms with E-state index in [1.807, 2.05) is 24.3 Å². The van der Waals surface area contributed by atoms with E-state index in [1.165, 1.54) is 10.4 Å². The van der Waals surface area contributed by atoms with Gasteiger partial charge in [-0.25, -0.2) is 13.0 Å². The van der Waals surface area contributed by atoms with Crippen molar-refractivity contribution in [3.05, 3.63) is 42.5 Å². The number of hydrogen-bond donors (Lipinski definition) is 1. The fraction of sp³-hybridized carbons (Fsp3) is 0.381. The highest BCUT2D eigenvalue weighted by Gasteiger charge is 2.34. The second-order valence-corrected chi connectivity index (χ2v) is 9.72. The number of piperidine rings is 1. The van der Waals surface area contributed by atoms with Crippen LogP contribution in [0, 0.1) is 5.92 Å². The van der Waals surface area contributed by atoms with Crippen LogP contribution in [0.2, 0.25) is 0 Å². The van der Waals surface area contributed by atoms with Gasteiger partial charge >= 0.3 is 0 Å². The SMILES string of the molecule is O=C(NC[C@@H]1COc2ccccc2O1)C1CCN(S(=O)(=O)c2cccc3nonc23)CC1. The summed E-state index contributed by atoms with van der Waals surface area (Å²) < 4.78 is 43.8. The van der Waals surface area contributed by atoms with Gasteiger partial charge in [0.2, 0.25) is 15.9 Å². The second kappa shape index (κ2) is 8.40. The second-order valence-electron chi connectivity index (χ2n) is 7.81. The van der Waals surface area contributed by atoms with Gasteiger partial charge in [-0.3, -0.25) is 4.79 Å². The topological polar surface area (TPSA) is 124 Å². The van der Waals surface area contributed by atoms with Gasteiger partial charge in [0.05, 0.1) is 6.54 Å². The Morgan fingerprint density at radius 3 is 2.66 bits per heavy atom. The van der Waals surface area contributed by atoms with E-state index in [0.717, 1.165) is 0 Å². The van der Waals surface area contributed by atoms with Crippen LogP contribution in [0.3, 0.4) is 0 Å². The maximum Gasteiger partial charge on any atom is 0.245 e. The zero-order valence-corrected chi connectivity index (χ0v) is 18.0. The number of hydrogen-bond acceptors (Lipinski definition) is 8. The van der Waals surface area contributed by atoms with Gasteiger partial charge in [-0.2, -0.15) is 4.31 Å².